The highest BCUT2D eigenvalue weighted by Gasteiger charge is 2.21. The van der Waals surface area contributed by atoms with Crippen molar-refractivity contribution in [2.24, 2.45) is 5.41 Å². The van der Waals surface area contributed by atoms with Crippen LogP contribution in [0.1, 0.15) is 20.8 Å². The van der Waals surface area contributed by atoms with Crippen molar-refractivity contribution in [2.45, 2.75) is 25.0 Å². The maximum atomic E-state index is 12.0. The highest BCUT2D eigenvalue weighted by atomic mass is 32.2. The number of benzene rings is 1. The molecule has 26 heavy (non-hydrogen) atoms. The number of nitrogens with one attached hydrogen (secondary N) is 3. The topological polar surface area (TPSA) is 104 Å². The quantitative estimate of drug-likeness (QED) is 0.699. The fourth-order valence-corrected chi connectivity index (χ4v) is 3.87. The van der Waals surface area contributed by atoms with E-state index in [4.69, 9.17) is 0 Å². The molecule has 0 fully saturated rings. The number of anilines is 2. The van der Waals surface area contributed by atoms with Gasteiger partial charge in [-0.3, -0.25) is 9.59 Å². The van der Waals surface area contributed by atoms with Crippen molar-refractivity contribution in [3.8, 4) is 0 Å². The number of amides is 2. The van der Waals surface area contributed by atoms with E-state index < -0.39 is 27.9 Å². The summed E-state index contributed by atoms with van der Waals surface area (Å²) in [7, 11) is -3.69. The van der Waals surface area contributed by atoms with Gasteiger partial charge in [0.1, 0.15) is 4.21 Å². The minimum atomic E-state index is -3.69. The summed E-state index contributed by atoms with van der Waals surface area (Å²) in [6, 6.07) is 9.74. The molecule has 2 rings (SSSR count). The van der Waals surface area contributed by atoms with Crippen LogP contribution >= 0.6 is 11.3 Å². The molecule has 0 atom stereocenters. The molecule has 0 radical (unpaired) electrons. The molecule has 1 aromatic heterocycles. The van der Waals surface area contributed by atoms with E-state index in [0.29, 0.717) is 11.4 Å². The summed E-state index contributed by atoms with van der Waals surface area (Å²) < 4.78 is 26.4. The summed E-state index contributed by atoms with van der Waals surface area (Å²) in [4.78, 5) is 24.0. The Morgan fingerprint density at radius 2 is 1.69 bits per heavy atom. The first-order chi connectivity index (χ1) is 12.1. The van der Waals surface area contributed by atoms with E-state index in [1.165, 1.54) is 6.07 Å². The molecule has 0 aliphatic heterocycles. The van der Waals surface area contributed by atoms with Crippen LogP contribution < -0.4 is 15.4 Å². The van der Waals surface area contributed by atoms with Gasteiger partial charge in [0, 0.05) is 16.8 Å². The SMILES string of the molecule is CC(C)(C)C(=O)Nc1cccc(NC(=O)CNS(=O)(=O)c2cccs2)c1. The first kappa shape index (κ1) is 20.1. The number of carbonyl (C=O) groups excluding carboxylic acids is 2. The molecule has 2 aromatic rings. The second kappa shape index (κ2) is 7.98. The van der Waals surface area contributed by atoms with Gasteiger partial charge in [0.15, 0.2) is 0 Å². The second-order valence-corrected chi connectivity index (χ2v) is 9.53. The van der Waals surface area contributed by atoms with Gasteiger partial charge >= 0.3 is 0 Å². The third-order valence-electron chi connectivity index (χ3n) is 3.27. The summed E-state index contributed by atoms with van der Waals surface area (Å²) in [5.74, 6) is -0.658. The van der Waals surface area contributed by atoms with Gasteiger partial charge in [0.2, 0.25) is 11.8 Å². The average Bonchev–Trinajstić information content (AvgIpc) is 3.08. The van der Waals surface area contributed by atoms with Gasteiger partial charge in [-0.2, -0.15) is 0 Å². The van der Waals surface area contributed by atoms with Crippen molar-refractivity contribution >= 4 is 44.5 Å². The van der Waals surface area contributed by atoms with Gasteiger partial charge in [-0.1, -0.05) is 32.9 Å². The number of rotatable bonds is 6. The molecule has 0 unspecified atom stereocenters. The lowest BCUT2D eigenvalue weighted by atomic mass is 9.95. The summed E-state index contributed by atoms with van der Waals surface area (Å²) in [6.45, 7) is 5.01. The first-order valence-corrected chi connectivity index (χ1v) is 10.2. The van der Waals surface area contributed by atoms with Gasteiger partial charge in [0.25, 0.3) is 10.0 Å². The number of sulfonamides is 1. The van der Waals surface area contributed by atoms with Crippen LogP contribution in [-0.2, 0) is 19.6 Å². The van der Waals surface area contributed by atoms with Crippen LogP contribution in [0.3, 0.4) is 0 Å². The normalized spacial score (nSPS) is 11.8. The van der Waals surface area contributed by atoms with Crippen molar-refractivity contribution in [1.29, 1.82) is 0 Å². The van der Waals surface area contributed by atoms with Crippen LogP contribution in [0.2, 0.25) is 0 Å². The highest BCUT2D eigenvalue weighted by Crippen LogP contribution is 2.20. The Morgan fingerprint density at radius 3 is 2.27 bits per heavy atom. The number of thiophene rings is 1. The Hall–Kier alpha value is -2.23. The summed E-state index contributed by atoms with van der Waals surface area (Å²) in [5, 5.41) is 7.01. The van der Waals surface area contributed by atoms with Gasteiger partial charge in [-0.25, -0.2) is 13.1 Å². The standard InChI is InChI=1S/C17H21N3O4S2/c1-17(2,3)16(22)20-13-7-4-6-12(10-13)19-14(21)11-18-26(23,24)15-8-5-9-25-15/h4-10,18H,11H2,1-3H3,(H,19,21)(H,20,22). The minimum Gasteiger partial charge on any atom is -0.326 e. The third-order valence-corrected chi connectivity index (χ3v) is 6.07. The van der Waals surface area contributed by atoms with E-state index in [0.717, 1.165) is 11.3 Å². The van der Waals surface area contributed by atoms with Crippen LogP contribution in [-0.4, -0.2) is 26.8 Å². The summed E-state index contributed by atoms with van der Waals surface area (Å²) in [6.07, 6.45) is 0. The van der Waals surface area contributed by atoms with E-state index >= 15 is 0 Å². The Kier molecular flexibility index (Phi) is 6.17. The molecule has 140 valence electrons. The van der Waals surface area contributed by atoms with Gasteiger partial charge in [-0.05, 0) is 29.6 Å². The summed E-state index contributed by atoms with van der Waals surface area (Å²) in [5.41, 5.74) is 0.457. The van der Waals surface area contributed by atoms with Crippen LogP contribution in [0.25, 0.3) is 0 Å². The van der Waals surface area contributed by atoms with E-state index in [2.05, 4.69) is 15.4 Å². The monoisotopic (exact) mass is 395 g/mol. The van der Waals surface area contributed by atoms with Crippen molar-refractivity contribution in [3.63, 3.8) is 0 Å². The molecule has 1 aromatic carbocycles. The minimum absolute atomic E-state index is 0.148. The Morgan fingerprint density at radius 1 is 1.04 bits per heavy atom. The molecule has 3 N–H and O–H groups in total. The van der Waals surface area contributed by atoms with Crippen LogP contribution in [0, 0.1) is 5.41 Å². The zero-order valence-electron chi connectivity index (χ0n) is 14.7. The third kappa shape index (κ3) is 5.65. The molecule has 0 bridgehead atoms. The van der Waals surface area contributed by atoms with Crippen molar-refractivity contribution in [3.05, 3.63) is 41.8 Å². The largest absolute Gasteiger partial charge is 0.326 e. The fourth-order valence-electron chi connectivity index (χ4n) is 1.85. The predicted molar refractivity (Wildman–Crippen MR) is 103 cm³/mol. The molecule has 0 spiro atoms. The molecule has 7 nitrogen and oxygen atoms in total. The number of hydrogen-bond donors (Lipinski definition) is 3. The maximum Gasteiger partial charge on any atom is 0.250 e. The van der Waals surface area contributed by atoms with Gasteiger partial charge in [0.05, 0.1) is 6.54 Å². The highest BCUT2D eigenvalue weighted by molar-refractivity contribution is 7.91. The second-order valence-electron chi connectivity index (χ2n) is 6.59. The average molecular weight is 396 g/mol. The van der Waals surface area contributed by atoms with Crippen molar-refractivity contribution in [2.75, 3.05) is 17.2 Å². The number of hydrogen-bond acceptors (Lipinski definition) is 5. The van der Waals surface area contributed by atoms with E-state index in [1.807, 2.05) is 0 Å². The molecule has 0 aliphatic rings. The Labute approximate surface area is 156 Å². The van der Waals surface area contributed by atoms with Gasteiger partial charge < -0.3 is 10.6 Å². The van der Waals surface area contributed by atoms with Crippen LogP contribution in [0.4, 0.5) is 11.4 Å². The first-order valence-electron chi connectivity index (χ1n) is 7.82. The zero-order valence-corrected chi connectivity index (χ0v) is 16.3. The maximum absolute atomic E-state index is 12.0. The van der Waals surface area contributed by atoms with E-state index in [1.54, 1.807) is 56.5 Å². The molecule has 0 saturated heterocycles. The molecule has 0 aliphatic carbocycles. The molecule has 9 heteroatoms. The fraction of sp³-hybridized carbons (Fsp3) is 0.294. The molecule has 1 heterocycles. The van der Waals surface area contributed by atoms with E-state index in [9.17, 15) is 18.0 Å². The van der Waals surface area contributed by atoms with Crippen LogP contribution in [0.5, 0.6) is 0 Å². The lowest BCUT2D eigenvalue weighted by Crippen LogP contribution is -2.32. The van der Waals surface area contributed by atoms with Crippen molar-refractivity contribution in [1.82, 2.24) is 4.72 Å². The number of carbonyl (C=O) groups is 2. The van der Waals surface area contributed by atoms with E-state index in [-0.39, 0.29) is 10.1 Å². The smallest absolute Gasteiger partial charge is 0.250 e. The lowest BCUT2D eigenvalue weighted by Gasteiger charge is -2.18. The lowest BCUT2D eigenvalue weighted by molar-refractivity contribution is -0.123. The Balaban J connectivity index is 1.95. The predicted octanol–water partition coefficient (Wildman–Crippen LogP) is 2.65. The van der Waals surface area contributed by atoms with Gasteiger partial charge in [-0.15, -0.1) is 11.3 Å². The van der Waals surface area contributed by atoms with Crippen molar-refractivity contribution < 1.29 is 18.0 Å². The Bertz CT molecular complexity index is 885. The molecular weight excluding hydrogens is 374 g/mol. The van der Waals surface area contributed by atoms with Crippen LogP contribution in [0.15, 0.2) is 46.0 Å². The molecule has 2 amide bonds. The summed E-state index contributed by atoms with van der Waals surface area (Å²) >= 11 is 1.07. The molecule has 0 saturated carbocycles. The molecular formula is C17H21N3O4S2. The zero-order chi connectivity index (χ0) is 19.4.